The smallest absolute Gasteiger partial charge is 0.160 e. The van der Waals surface area contributed by atoms with Gasteiger partial charge in [-0.3, -0.25) is 0 Å². The molecule has 13 heavy (non-hydrogen) atoms. The van der Waals surface area contributed by atoms with Crippen molar-refractivity contribution in [3.63, 3.8) is 0 Å². The molecule has 2 N–H and O–H groups in total. The molecule has 0 aromatic rings. The molecule has 1 fully saturated rings. The molecule has 0 radical (unpaired) electrons. The number of hydroxylamine groups is 2. The second-order valence-corrected chi connectivity index (χ2v) is 3.87. The first kappa shape index (κ1) is 10.9. The van der Waals surface area contributed by atoms with Crippen LogP contribution in [0.25, 0.3) is 0 Å². The van der Waals surface area contributed by atoms with E-state index in [4.69, 9.17) is 0 Å². The average Bonchev–Trinajstić information content (AvgIpc) is 2.18. The highest BCUT2D eigenvalue weighted by molar-refractivity contribution is 4.68. The first-order valence-corrected chi connectivity index (χ1v) is 5.15. The van der Waals surface area contributed by atoms with Gasteiger partial charge in [-0.1, -0.05) is 24.3 Å². The summed E-state index contributed by atoms with van der Waals surface area (Å²) in [7, 11) is 1.78. The Morgan fingerprint density at radius 1 is 1.23 bits per heavy atom. The van der Waals surface area contributed by atoms with Crippen LogP contribution in [0.4, 0.5) is 0 Å². The van der Waals surface area contributed by atoms with Crippen LogP contribution in [0.3, 0.4) is 0 Å². The molecule has 0 amide bonds. The standard InChI is InChI=1S/C9H21N2O2/c1-3-11(12,13)10(2)9-7-5-4-6-8-9/h9,12-13H,3-8H2,1-2H3/q+1. The van der Waals surface area contributed by atoms with E-state index in [0.717, 1.165) is 12.8 Å². The summed E-state index contributed by atoms with van der Waals surface area (Å²) < 4.78 is 0. The first-order chi connectivity index (χ1) is 6.08. The summed E-state index contributed by atoms with van der Waals surface area (Å²) >= 11 is 0. The Hall–Kier alpha value is -0.160. The van der Waals surface area contributed by atoms with E-state index < -0.39 is 4.92 Å². The second kappa shape index (κ2) is 4.37. The molecular weight excluding hydrogens is 168 g/mol. The number of quaternary nitrogens is 1. The number of hydrogen-bond donors (Lipinski definition) is 2. The van der Waals surface area contributed by atoms with Gasteiger partial charge in [-0.2, -0.15) is 10.4 Å². The number of hydrogen-bond acceptors (Lipinski definition) is 3. The van der Waals surface area contributed by atoms with Crippen LogP contribution in [-0.2, 0) is 0 Å². The zero-order valence-electron chi connectivity index (χ0n) is 8.61. The molecule has 0 unspecified atom stereocenters. The molecule has 1 aliphatic rings. The molecule has 4 heteroatoms. The predicted molar refractivity (Wildman–Crippen MR) is 49.0 cm³/mol. The zero-order valence-corrected chi connectivity index (χ0v) is 8.61. The van der Waals surface area contributed by atoms with E-state index in [2.05, 4.69) is 0 Å². The van der Waals surface area contributed by atoms with Gasteiger partial charge >= 0.3 is 0 Å². The summed E-state index contributed by atoms with van der Waals surface area (Å²) in [4.78, 5) is -0.968. The van der Waals surface area contributed by atoms with Crippen molar-refractivity contribution in [2.45, 2.75) is 45.1 Å². The van der Waals surface area contributed by atoms with Gasteiger partial charge in [-0.15, -0.1) is 0 Å². The summed E-state index contributed by atoms with van der Waals surface area (Å²) in [6.07, 6.45) is 5.86. The Morgan fingerprint density at radius 2 is 1.77 bits per heavy atom. The largest absolute Gasteiger partial charge is 0.160 e. The van der Waals surface area contributed by atoms with Crippen molar-refractivity contribution in [2.75, 3.05) is 13.6 Å². The first-order valence-electron chi connectivity index (χ1n) is 5.15. The van der Waals surface area contributed by atoms with E-state index in [1.54, 1.807) is 19.0 Å². The third-order valence-electron chi connectivity index (χ3n) is 3.03. The molecule has 1 saturated carbocycles. The van der Waals surface area contributed by atoms with Gasteiger partial charge in [0.2, 0.25) is 0 Å². The van der Waals surface area contributed by atoms with Gasteiger partial charge in [0.1, 0.15) is 0 Å². The van der Waals surface area contributed by atoms with E-state index in [0.29, 0.717) is 12.6 Å². The van der Waals surface area contributed by atoms with Crippen LogP contribution in [0, 0.1) is 0 Å². The molecule has 0 aliphatic heterocycles. The SMILES string of the molecule is CC[N+](O)(O)N(C)C1CCCCC1. The maximum absolute atomic E-state index is 9.56. The number of nitrogens with zero attached hydrogens (tertiary/aromatic N) is 2. The van der Waals surface area contributed by atoms with Gasteiger partial charge in [0.05, 0.1) is 6.04 Å². The third kappa shape index (κ3) is 2.64. The molecule has 0 aromatic carbocycles. The van der Waals surface area contributed by atoms with Crippen LogP contribution < -0.4 is 0 Å². The maximum Gasteiger partial charge on any atom is 0.160 e. The summed E-state index contributed by atoms with van der Waals surface area (Å²) in [5, 5.41) is 20.8. The quantitative estimate of drug-likeness (QED) is 0.525. The van der Waals surface area contributed by atoms with Gasteiger partial charge in [0.15, 0.2) is 6.54 Å². The predicted octanol–water partition coefficient (Wildman–Crippen LogP) is 1.78. The molecule has 0 saturated heterocycles. The molecular formula is C9H21N2O2+. The van der Waals surface area contributed by atoms with Crippen LogP contribution in [0.5, 0.6) is 0 Å². The van der Waals surface area contributed by atoms with E-state index in [9.17, 15) is 10.4 Å². The Kier molecular flexibility index (Phi) is 3.67. The molecule has 0 atom stereocenters. The van der Waals surface area contributed by atoms with Gasteiger partial charge in [-0.25, -0.2) is 0 Å². The Bertz CT molecular complexity index is 156. The van der Waals surface area contributed by atoms with Crippen molar-refractivity contribution in [3.05, 3.63) is 0 Å². The van der Waals surface area contributed by atoms with Crippen molar-refractivity contribution in [1.29, 1.82) is 0 Å². The molecule has 0 heterocycles. The lowest BCUT2D eigenvalue weighted by molar-refractivity contribution is -1.32. The highest BCUT2D eigenvalue weighted by atomic mass is 16.9. The van der Waals surface area contributed by atoms with Gasteiger partial charge in [0.25, 0.3) is 0 Å². The second-order valence-electron chi connectivity index (χ2n) is 3.87. The highest BCUT2D eigenvalue weighted by Gasteiger charge is 2.34. The van der Waals surface area contributed by atoms with Crippen molar-refractivity contribution >= 4 is 0 Å². The highest BCUT2D eigenvalue weighted by Crippen LogP contribution is 2.23. The van der Waals surface area contributed by atoms with Crippen molar-refractivity contribution in [1.82, 2.24) is 5.01 Å². The molecule has 0 spiro atoms. The zero-order chi connectivity index (χ0) is 9.90. The fraction of sp³-hybridized carbons (Fsp3) is 1.00. The third-order valence-corrected chi connectivity index (χ3v) is 3.03. The van der Waals surface area contributed by atoms with Crippen molar-refractivity contribution in [2.24, 2.45) is 0 Å². The normalized spacial score (nSPS) is 21.0. The van der Waals surface area contributed by atoms with Gasteiger partial charge in [-0.05, 0) is 19.8 Å². The van der Waals surface area contributed by atoms with Crippen LogP contribution in [-0.4, -0.2) is 40.0 Å². The number of rotatable bonds is 3. The van der Waals surface area contributed by atoms with E-state index >= 15 is 0 Å². The molecule has 1 rings (SSSR count). The molecule has 4 nitrogen and oxygen atoms in total. The lowest BCUT2D eigenvalue weighted by Gasteiger charge is -2.35. The van der Waals surface area contributed by atoms with Gasteiger partial charge in [0, 0.05) is 12.0 Å². The summed E-state index contributed by atoms with van der Waals surface area (Å²) in [5.41, 5.74) is 0. The summed E-state index contributed by atoms with van der Waals surface area (Å²) in [6.45, 7) is 2.06. The lowest BCUT2D eigenvalue weighted by Crippen LogP contribution is -2.58. The fourth-order valence-corrected chi connectivity index (χ4v) is 1.94. The Balaban J connectivity index is 2.49. The van der Waals surface area contributed by atoms with E-state index in [-0.39, 0.29) is 0 Å². The summed E-state index contributed by atoms with van der Waals surface area (Å²) in [5.74, 6) is 0. The van der Waals surface area contributed by atoms with E-state index in [1.165, 1.54) is 19.3 Å². The van der Waals surface area contributed by atoms with Crippen LogP contribution in [0.2, 0.25) is 0 Å². The van der Waals surface area contributed by atoms with Crippen LogP contribution in [0.15, 0.2) is 0 Å². The van der Waals surface area contributed by atoms with Crippen molar-refractivity contribution < 1.29 is 15.3 Å². The minimum absolute atomic E-state index is 0.299. The molecule has 0 aromatic heterocycles. The lowest BCUT2D eigenvalue weighted by atomic mass is 9.95. The minimum atomic E-state index is -0.968. The Morgan fingerprint density at radius 3 is 2.23 bits per heavy atom. The van der Waals surface area contributed by atoms with E-state index in [1.807, 2.05) is 0 Å². The Labute approximate surface area is 79.8 Å². The molecule has 78 valence electrons. The van der Waals surface area contributed by atoms with Crippen LogP contribution >= 0.6 is 0 Å². The van der Waals surface area contributed by atoms with Gasteiger partial charge < -0.3 is 0 Å². The molecule has 0 bridgehead atoms. The average molecular weight is 189 g/mol. The monoisotopic (exact) mass is 189 g/mol. The minimum Gasteiger partial charge on any atom is -0.160 e. The summed E-state index contributed by atoms with van der Waals surface area (Å²) in [6, 6.07) is 0.323. The van der Waals surface area contributed by atoms with Crippen LogP contribution in [0.1, 0.15) is 39.0 Å². The maximum atomic E-state index is 9.56. The van der Waals surface area contributed by atoms with Crippen molar-refractivity contribution in [3.8, 4) is 0 Å². The topological polar surface area (TPSA) is 43.7 Å². The molecule has 1 aliphatic carbocycles. The fourth-order valence-electron chi connectivity index (χ4n) is 1.94.